The minimum Gasteiger partial charge on any atom is -0.485 e. The summed E-state index contributed by atoms with van der Waals surface area (Å²) in [7, 11) is 3.02. The summed E-state index contributed by atoms with van der Waals surface area (Å²) in [4.78, 5) is 1.90. The van der Waals surface area contributed by atoms with Crippen molar-refractivity contribution in [1.82, 2.24) is 0 Å². The highest BCUT2D eigenvalue weighted by Gasteiger charge is 2.09. The van der Waals surface area contributed by atoms with Crippen molar-refractivity contribution < 1.29 is 14.2 Å². The molecular weight excluding hydrogens is 259 g/mol. The molecule has 90 valence electrons. The molecule has 17 heavy (non-hydrogen) atoms. The van der Waals surface area contributed by atoms with E-state index < -0.39 is 0 Å². The minimum atomic E-state index is -0.354. The molecule has 0 unspecified atom stereocenters. The molecule has 1 aliphatic rings. The van der Waals surface area contributed by atoms with Crippen LogP contribution in [0.15, 0.2) is 46.2 Å². The largest absolute Gasteiger partial charge is 0.485 e. The van der Waals surface area contributed by atoms with Crippen molar-refractivity contribution in [2.75, 3.05) is 13.2 Å². The van der Waals surface area contributed by atoms with E-state index in [0.29, 0.717) is 6.61 Å². The Morgan fingerprint density at radius 2 is 1.82 bits per heavy atom. The van der Waals surface area contributed by atoms with Crippen LogP contribution >= 0.6 is 21.6 Å². The fraction of sp³-hybridized carbons (Fsp3) is 0.167. The minimum absolute atomic E-state index is 0.0512. The van der Waals surface area contributed by atoms with Gasteiger partial charge < -0.3 is 9.84 Å². The first kappa shape index (κ1) is 12.5. The van der Waals surface area contributed by atoms with Gasteiger partial charge in [-0.1, -0.05) is 33.7 Å². The molecule has 2 nitrogen and oxygen atoms in total. The average molecular weight is 270 g/mol. The Balaban J connectivity index is 1.94. The number of ether oxygens (including phenoxy) is 1. The van der Waals surface area contributed by atoms with E-state index >= 15 is 0 Å². The number of allylic oxidation sites excluding steroid dienone is 2. The molecule has 0 saturated carbocycles. The molecule has 0 aliphatic carbocycles. The predicted molar refractivity (Wildman–Crippen MR) is 70.3 cm³/mol. The fourth-order valence-corrected chi connectivity index (χ4v) is 3.11. The van der Waals surface area contributed by atoms with Crippen LogP contribution in [0.3, 0.4) is 0 Å². The molecule has 0 amide bonds. The van der Waals surface area contributed by atoms with Crippen LogP contribution in [0.2, 0.25) is 0 Å². The molecule has 1 aromatic rings. The van der Waals surface area contributed by atoms with Gasteiger partial charge in [-0.05, 0) is 24.3 Å². The Bertz CT molecular complexity index is 458. The number of aliphatic hydroxyl groups is 1. The van der Waals surface area contributed by atoms with Crippen molar-refractivity contribution in [3.8, 4) is 5.75 Å². The third-order valence-electron chi connectivity index (χ3n) is 2.07. The highest BCUT2D eigenvalue weighted by atomic mass is 33.1. The molecule has 0 bridgehead atoms. The smallest absolute Gasteiger partial charge is 0.165 e. The topological polar surface area (TPSA) is 29.5 Å². The van der Waals surface area contributed by atoms with E-state index in [1.165, 1.54) is 27.7 Å². The summed E-state index contributed by atoms with van der Waals surface area (Å²) in [6, 6.07) is 6.34. The number of halogens is 1. The number of aliphatic hydroxyl groups excluding tert-OH is 1. The van der Waals surface area contributed by atoms with Gasteiger partial charge in [0, 0.05) is 9.81 Å². The first-order valence-corrected chi connectivity index (χ1v) is 7.17. The third-order valence-corrected chi connectivity index (χ3v) is 4.64. The second-order valence-corrected chi connectivity index (χ2v) is 5.69. The van der Waals surface area contributed by atoms with Crippen molar-refractivity contribution in [3.05, 3.63) is 52.0 Å². The molecule has 0 fully saturated rings. The van der Waals surface area contributed by atoms with Crippen molar-refractivity contribution >= 4 is 21.6 Å². The zero-order valence-electron chi connectivity index (χ0n) is 8.93. The van der Waals surface area contributed by atoms with E-state index in [2.05, 4.69) is 0 Å². The summed E-state index contributed by atoms with van der Waals surface area (Å²) in [6.07, 6.45) is 3.73. The molecular formula is C12H11FO2S2. The molecule has 0 aromatic heterocycles. The van der Waals surface area contributed by atoms with Gasteiger partial charge >= 0.3 is 0 Å². The Kier molecular flexibility index (Phi) is 4.53. The Labute approximate surface area is 107 Å². The van der Waals surface area contributed by atoms with Crippen LogP contribution in [0.4, 0.5) is 4.39 Å². The summed E-state index contributed by atoms with van der Waals surface area (Å²) in [5, 5.41) is 8.91. The molecule has 0 spiro atoms. The third kappa shape index (κ3) is 3.52. The van der Waals surface area contributed by atoms with Crippen molar-refractivity contribution in [2.45, 2.75) is 0 Å². The Hall–Kier alpha value is -0.910. The van der Waals surface area contributed by atoms with E-state index in [9.17, 15) is 4.39 Å². The molecule has 2 rings (SSSR count). The van der Waals surface area contributed by atoms with E-state index in [4.69, 9.17) is 9.84 Å². The van der Waals surface area contributed by atoms with Crippen LogP contribution in [0, 0.1) is 5.82 Å². The van der Waals surface area contributed by atoms with Crippen molar-refractivity contribution in [1.29, 1.82) is 0 Å². The van der Waals surface area contributed by atoms with Crippen molar-refractivity contribution in [3.63, 3.8) is 0 Å². The molecule has 1 N–H and O–H groups in total. The monoisotopic (exact) mass is 270 g/mol. The van der Waals surface area contributed by atoms with Crippen LogP contribution in [-0.2, 0) is 0 Å². The quantitative estimate of drug-likeness (QED) is 0.850. The lowest BCUT2D eigenvalue weighted by Crippen LogP contribution is -2.01. The number of benzene rings is 1. The van der Waals surface area contributed by atoms with Gasteiger partial charge in [0.15, 0.2) is 11.6 Å². The zero-order chi connectivity index (χ0) is 12.1. The van der Waals surface area contributed by atoms with Crippen molar-refractivity contribution in [2.24, 2.45) is 0 Å². The zero-order valence-corrected chi connectivity index (χ0v) is 10.6. The van der Waals surface area contributed by atoms with Gasteiger partial charge in [-0.2, -0.15) is 0 Å². The van der Waals surface area contributed by atoms with Gasteiger partial charge in [-0.25, -0.2) is 4.39 Å². The number of para-hydroxylation sites is 1. The summed E-state index contributed by atoms with van der Waals surface area (Å²) in [5.41, 5.74) is 0. The maximum atomic E-state index is 13.3. The highest BCUT2D eigenvalue weighted by Crippen LogP contribution is 2.39. The van der Waals surface area contributed by atoms with Gasteiger partial charge in [0.2, 0.25) is 0 Å². The molecule has 1 aromatic carbocycles. The maximum Gasteiger partial charge on any atom is 0.165 e. The van der Waals surface area contributed by atoms with Gasteiger partial charge in [0.05, 0.1) is 6.61 Å². The first-order valence-electron chi connectivity index (χ1n) is 5.02. The summed E-state index contributed by atoms with van der Waals surface area (Å²) in [5.74, 6) is -0.0934. The lowest BCUT2D eigenvalue weighted by atomic mass is 10.3. The molecule has 0 saturated heterocycles. The Morgan fingerprint density at radius 3 is 2.47 bits per heavy atom. The van der Waals surface area contributed by atoms with Crippen LogP contribution in [0.25, 0.3) is 0 Å². The number of hydrogen-bond donors (Lipinski definition) is 1. The van der Waals surface area contributed by atoms with Gasteiger partial charge in [-0.3, -0.25) is 0 Å². The molecule has 1 heterocycles. The van der Waals surface area contributed by atoms with Crippen LogP contribution in [0.5, 0.6) is 5.75 Å². The second kappa shape index (κ2) is 6.14. The van der Waals surface area contributed by atoms with Crippen LogP contribution in [0.1, 0.15) is 0 Å². The lowest BCUT2D eigenvalue weighted by Gasteiger charge is -2.13. The molecule has 1 aliphatic heterocycles. The average Bonchev–Trinajstić information content (AvgIpc) is 2.38. The molecule has 0 radical (unpaired) electrons. The highest BCUT2D eigenvalue weighted by molar-refractivity contribution is 8.79. The molecule has 0 atom stereocenters. The SMILES string of the molecule is OCC1=CC=C(COc2ccccc2F)SS1. The maximum absolute atomic E-state index is 13.3. The second-order valence-electron chi connectivity index (χ2n) is 3.31. The fourth-order valence-electron chi connectivity index (χ4n) is 1.21. The Morgan fingerprint density at radius 1 is 1.12 bits per heavy atom. The number of rotatable bonds is 4. The first-order chi connectivity index (χ1) is 8.29. The van der Waals surface area contributed by atoms with E-state index in [1.54, 1.807) is 18.2 Å². The van der Waals surface area contributed by atoms with Gasteiger partial charge in [0.1, 0.15) is 6.61 Å². The normalized spacial score (nSPS) is 15.2. The van der Waals surface area contributed by atoms with Crippen LogP contribution in [-0.4, -0.2) is 18.3 Å². The summed E-state index contributed by atoms with van der Waals surface area (Å²) < 4.78 is 18.6. The van der Waals surface area contributed by atoms with E-state index in [-0.39, 0.29) is 18.2 Å². The van der Waals surface area contributed by atoms with Gasteiger partial charge in [-0.15, -0.1) is 0 Å². The molecule has 5 heteroatoms. The lowest BCUT2D eigenvalue weighted by molar-refractivity contribution is 0.338. The van der Waals surface area contributed by atoms with Gasteiger partial charge in [0.25, 0.3) is 0 Å². The van der Waals surface area contributed by atoms with E-state index in [0.717, 1.165) is 9.81 Å². The van der Waals surface area contributed by atoms with E-state index in [1.807, 2.05) is 12.2 Å². The number of hydrogen-bond acceptors (Lipinski definition) is 4. The predicted octanol–water partition coefficient (Wildman–Crippen LogP) is 3.36. The standard InChI is InChI=1S/C12H11FO2S2/c13-11-3-1-2-4-12(11)15-8-10-6-5-9(7-14)16-17-10/h1-6,14H,7-8H2. The summed E-state index contributed by atoms with van der Waals surface area (Å²) >= 11 is 0. The van der Waals surface area contributed by atoms with Crippen LogP contribution < -0.4 is 4.74 Å². The summed E-state index contributed by atoms with van der Waals surface area (Å²) in [6.45, 7) is 0.392.